The first-order chi connectivity index (χ1) is 7.21. The van der Waals surface area contributed by atoms with Crippen LogP contribution in [0, 0.1) is 5.92 Å². The van der Waals surface area contributed by atoms with Crippen LogP contribution in [-0.2, 0) is 4.79 Å². The zero-order chi connectivity index (χ0) is 11.7. The van der Waals surface area contributed by atoms with Crippen LogP contribution < -0.4 is 5.73 Å². The van der Waals surface area contributed by atoms with Crippen molar-refractivity contribution in [2.24, 2.45) is 11.7 Å². The van der Waals surface area contributed by atoms with Gasteiger partial charge >= 0.3 is 0 Å². The maximum absolute atomic E-state index is 12.1. The minimum absolute atomic E-state index is 0.203. The average Bonchev–Trinajstić information content (AvgIpc) is 2.25. The van der Waals surface area contributed by atoms with Gasteiger partial charge in [0.2, 0.25) is 5.91 Å². The minimum Gasteiger partial charge on any atom is -0.342 e. The number of carbonyl (C=O) groups is 1. The SMILES string of the molecule is CCCN(CCCN)C(=O)C(CC)CC. The molecule has 0 aliphatic rings. The summed E-state index contributed by atoms with van der Waals surface area (Å²) in [5, 5.41) is 0. The molecule has 0 radical (unpaired) electrons. The van der Waals surface area contributed by atoms with Crippen molar-refractivity contribution >= 4 is 5.91 Å². The van der Waals surface area contributed by atoms with Crippen molar-refractivity contribution in [2.45, 2.75) is 46.5 Å². The van der Waals surface area contributed by atoms with E-state index < -0.39 is 0 Å². The van der Waals surface area contributed by atoms with E-state index in [-0.39, 0.29) is 5.92 Å². The average molecular weight is 214 g/mol. The lowest BCUT2D eigenvalue weighted by molar-refractivity contribution is -0.135. The number of nitrogens with two attached hydrogens (primary N) is 1. The predicted molar refractivity (Wildman–Crippen MR) is 64.6 cm³/mol. The summed E-state index contributed by atoms with van der Waals surface area (Å²) in [5.74, 6) is 0.518. The van der Waals surface area contributed by atoms with Gasteiger partial charge in [-0.25, -0.2) is 0 Å². The Morgan fingerprint density at radius 3 is 2.20 bits per heavy atom. The molecule has 90 valence electrons. The third kappa shape index (κ3) is 5.17. The van der Waals surface area contributed by atoms with Crippen LogP contribution in [0.15, 0.2) is 0 Å². The molecule has 0 saturated heterocycles. The molecule has 0 unspecified atom stereocenters. The quantitative estimate of drug-likeness (QED) is 0.672. The zero-order valence-electron chi connectivity index (χ0n) is 10.5. The number of hydrogen-bond donors (Lipinski definition) is 1. The summed E-state index contributed by atoms with van der Waals surface area (Å²) in [7, 11) is 0. The Labute approximate surface area is 94.0 Å². The van der Waals surface area contributed by atoms with E-state index in [1.54, 1.807) is 0 Å². The van der Waals surface area contributed by atoms with Gasteiger partial charge in [-0.2, -0.15) is 0 Å². The molecule has 3 heteroatoms. The van der Waals surface area contributed by atoms with Gasteiger partial charge in [0.05, 0.1) is 0 Å². The smallest absolute Gasteiger partial charge is 0.225 e. The Balaban J connectivity index is 4.24. The Morgan fingerprint density at radius 2 is 1.80 bits per heavy atom. The van der Waals surface area contributed by atoms with Gasteiger partial charge in [-0.15, -0.1) is 0 Å². The molecule has 2 N–H and O–H groups in total. The summed E-state index contributed by atoms with van der Waals surface area (Å²) in [6.45, 7) is 8.62. The van der Waals surface area contributed by atoms with Crippen LogP contribution in [0.1, 0.15) is 46.5 Å². The van der Waals surface area contributed by atoms with Gasteiger partial charge in [0.15, 0.2) is 0 Å². The Kier molecular flexibility index (Phi) is 8.38. The summed E-state index contributed by atoms with van der Waals surface area (Å²) in [5.41, 5.74) is 5.48. The van der Waals surface area contributed by atoms with Crippen molar-refractivity contribution in [3.63, 3.8) is 0 Å². The molecule has 0 aromatic rings. The molecule has 0 saturated carbocycles. The molecular weight excluding hydrogens is 188 g/mol. The first-order valence-corrected chi connectivity index (χ1v) is 6.19. The van der Waals surface area contributed by atoms with Gasteiger partial charge in [0, 0.05) is 19.0 Å². The zero-order valence-corrected chi connectivity index (χ0v) is 10.5. The predicted octanol–water partition coefficient (Wildman–Crippen LogP) is 2.01. The second-order valence-corrected chi connectivity index (χ2v) is 3.98. The normalized spacial score (nSPS) is 10.7. The lowest BCUT2D eigenvalue weighted by Gasteiger charge is -2.26. The number of hydrogen-bond acceptors (Lipinski definition) is 2. The van der Waals surface area contributed by atoms with Crippen molar-refractivity contribution in [1.82, 2.24) is 4.90 Å². The maximum Gasteiger partial charge on any atom is 0.225 e. The molecule has 0 aromatic carbocycles. The highest BCUT2D eigenvalue weighted by Crippen LogP contribution is 2.12. The highest BCUT2D eigenvalue weighted by atomic mass is 16.2. The van der Waals surface area contributed by atoms with E-state index in [4.69, 9.17) is 5.73 Å². The summed E-state index contributed by atoms with van der Waals surface area (Å²) < 4.78 is 0. The van der Waals surface area contributed by atoms with E-state index in [2.05, 4.69) is 20.8 Å². The van der Waals surface area contributed by atoms with Crippen molar-refractivity contribution in [1.29, 1.82) is 0 Å². The molecule has 0 spiro atoms. The fourth-order valence-electron chi connectivity index (χ4n) is 1.78. The van der Waals surface area contributed by atoms with Crippen LogP contribution >= 0.6 is 0 Å². The lowest BCUT2D eigenvalue weighted by atomic mass is 10.0. The molecule has 15 heavy (non-hydrogen) atoms. The highest BCUT2D eigenvalue weighted by Gasteiger charge is 2.19. The second-order valence-electron chi connectivity index (χ2n) is 3.98. The van der Waals surface area contributed by atoms with Crippen molar-refractivity contribution in [2.75, 3.05) is 19.6 Å². The van der Waals surface area contributed by atoms with E-state index in [1.807, 2.05) is 4.90 Å². The van der Waals surface area contributed by atoms with Crippen LogP contribution in [0.25, 0.3) is 0 Å². The first-order valence-electron chi connectivity index (χ1n) is 6.19. The molecule has 3 nitrogen and oxygen atoms in total. The van der Waals surface area contributed by atoms with Gasteiger partial charge in [-0.3, -0.25) is 4.79 Å². The van der Waals surface area contributed by atoms with Crippen LogP contribution in [0.2, 0.25) is 0 Å². The van der Waals surface area contributed by atoms with Crippen molar-refractivity contribution in [3.05, 3.63) is 0 Å². The molecule has 1 amide bonds. The van der Waals surface area contributed by atoms with E-state index in [1.165, 1.54) is 0 Å². The summed E-state index contributed by atoms with van der Waals surface area (Å²) in [6, 6.07) is 0. The van der Waals surface area contributed by atoms with Gasteiger partial charge in [0.1, 0.15) is 0 Å². The van der Waals surface area contributed by atoms with Gasteiger partial charge in [-0.05, 0) is 32.2 Å². The molecule has 0 aromatic heterocycles. The molecular formula is C12H26N2O. The molecule has 0 bridgehead atoms. The third-order valence-corrected chi connectivity index (χ3v) is 2.77. The number of amides is 1. The highest BCUT2D eigenvalue weighted by molar-refractivity contribution is 5.78. The van der Waals surface area contributed by atoms with Crippen LogP contribution in [-0.4, -0.2) is 30.4 Å². The van der Waals surface area contributed by atoms with Crippen molar-refractivity contribution < 1.29 is 4.79 Å². The standard InChI is InChI=1S/C12H26N2O/c1-4-9-14(10-7-8-13)12(15)11(5-2)6-3/h11H,4-10,13H2,1-3H3. The van der Waals surface area contributed by atoms with Crippen LogP contribution in [0.5, 0.6) is 0 Å². The van der Waals surface area contributed by atoms with E-state index >= 15 is 0 Å². The maximum atomic E-state index is 12.1. The Hall–Kier alpha value is -0.570. The van der Waals surface area contributed by atoms with E-state index in [0.29, 0.717) is 12.5 Å². The number of carbonyl (C=O) groups excluding carboxylic acids is 1. The molecule has 0 aliphatic heterocycles. The van der Waals surface area contributed by atoms with Crippen LogP contribution in [0.4, 0.5) is 0 Å². The van der Waals surface area contributed by atoms with Crippen molar-refractivity contribution in [3.8, 4) is 0 Å². The summed E-state index contributed by atoms with van der Waals surface area (Å²) in [6.07, 6.45) is 3.82. The Morgan fingerprint density at radius 1 is 1.20 bits per heavy atom. The molecule has 0 atom stereocenters. The third-order valence-electron chi connectivity index (χ3n) is 2.77. The monoisotopic (exact) mass is 214 g/mol. The topological polar surface area (TPSA) is 46.3 Å². The van der Waals surface area contributed by atoms with Crippen LogP contribution in [0.3, 0.4) is 0 Å². The second kappa shape index (κ2) is 8.72. The fraction of sp³-hybridized carbons (Fsp3) is 0.917. The van der Waals surface area contributed by atoms with Gasteiger partial charge < -0.3 is 10.6 Å². The molecule has 0 fully saturated rings. The summed E-state index contributed by atoms with van der Waals surface area (Å²) >= 11 is 0. The van der Waals surface area contributed by atoms with E-state index in [9.17, 15) is 4.79 Å². The number of rotatable bonds is 8. The minimum atomic E-state index is 0.203. The molecule has 0 aliphatic carbocycles. The largest absolute Gasteiger partial charge is 0.342 e. The lowest BCUT2D eigenvalue weighted by Crippen LogP contribution is -2.37. The molecule has 0 heterocycles. The summed E-state index contributed by atoms with van der Waals surface area (Å²) in [4.78, 5) is 14.1. The van der Waals surface area contributed by atoms with Gasteiger partial charge in [0.25, 0.3) is 0 Å². The first kappa shape index (κ1) is 14.4. The fourth-order valence-corrected chi connectivity index (χ4v) is 1.78. The van der Waals surface area contributed by atoms with E-state index in [0.717, 1.165) is 38.8 Å². The van der Waals surface area contributed by atoms with Gasteiger partial charge in [-0.1, -0.05) is 20.8 Å². The Bertz CT molecular complexity index is 167. The number of nitrogens with zero attached hydrogens (tertiary/aromatic N) is 1. The molecule has 0 rings (SSSR count).